The van der Waals surface area contributed by atoms with Gasteiger partial charge in [0.1, 0.15) is 24.4 Å². The minimum Gasteiger partial charge on any atom is -0.394 e. The highest BCUT2D eigenvalue weighted by atomic mass is 16.6. The Hall–Kier alpha value is -0.460. The fraction of sp³-hybridized carbons (Fsp3) is 0.920. The molecule has 0 radical (unpaired) electrons. The van der Waals surface area contributed by atoms with Gasteiger partial charge < -0.3 is 24.8 Å². The molecule has 0 aromatic rings. The molecular weight excluding hydrogens is 380 g/mol. The Balaban J connectivity index is 1.81. The number of aliphatic hydroxyl groups excluding tert-OH is 3. The summed E-state index contributed by atoms with van der Waals surface area (Å²) in [5.74, 6) is 0. The lowest BCUT2D eigenvalue weighted by molar-refractivity contribution is -0.0730. The molecule has 1 saturated heterocycles. The van der Waals surface area contributed by atoms with Gasteiger partial charge in [-0.1, -0.05) is 83.3 Å². The van der Waals surface area contributed by atoms with Gasteiger partial charge in [0, 0.05) is 6.61 Å². The van der Waals surface area contributed by atoms with Crippen LogP contribution in [0.2, 0.25) is 0 Å². The maximum absolute atomic E-state index is 10.1. The number of rotatable bonds is 20. The molecule has 0 bridgehead atoms. The maximum Gasteiger partial charge on any atom is 0.114 e. The molecule has 178 valence electrons. The summed E-state index contributed by atoms with van der Waals surface area (Å²) in [6.45, 7) is 2.74. The Labute approximate surface area is 184 Å². The van der Waals surface area contributed by atoms with E-state index in [-0.39, 0.29) is 6.61 Å². The quantitative estimate of drug-likeness (QED) is 0.190. The zero-order valence-electron chi connectivity index (χ0n) is 19.4. The molecule has 1 aliphatic heterocycles. The highest BCUT2D eigenvalue weighted by Gasteiger charge is 2.40. The predicted octanol–water partition coefficient (Wildman–Crippen LogP) is 4.91. The molecule has 5 nitrogen and oxygen atoms in total. The first-order chi connectivity index (χ1) is 14.7. The number of hydrogen-bond acceptors (Lipinski definition) is 5. The van der Waals surface area contributed by atoms with Crippen LogP contribution in [0.4, 0.5) is 0 Å². The average molecular weight is 429 g/mol. The van der Waals surface area contributed by atoms with E-state index in [9.17, 15) is 10.2 Å². The molecule has 0 aromatic heterocycles. The Kier molecular flexibility index (Phi) is 17.7. The van der Waals surface area contributed by atoms with E-state index in [1.807, 2.05) is 0 Å². The van der Waals surface area contributed by atoms with Crippen molar-refractivity contribution >= 4 is 0 Å². The molecule has 1 heterocycles. The van der Waals surface area contributed by atoms with Crippen LogP contribution in [0.3, 0.4) is 0 Å². The Morgan fingerprint density at radius 3 is 1.97 bits per heavy atom. The second kappa shape index (κ2) is 19.2. The summed E-state index contributed by atoms with van der Waals surface area (Å²) in [5.41, 5.74) is 0. The van der Waals surface area contributed by atoms with Crippen LogP contribution in [0.25, 0.3) is 0 Å². The van der Waals surface area contributed by atoms with Crippen LogP contribution >= 0.6 is 0 Å². The van der Waals surface area contributed by atoms with Crippen molar-refractivity contribution in [3.63, 3.8) is 0 Å². The van der Waals surface area contributed by atoms with Crippen molar-refractivity contribution in [2.45, 2.75) is 128 Å². The smallest absolute Gasteiger partial charge is 0.114 e. The normalized spacial score (nSPS) is 22.9. The number of allylic oxidation sites excluding steroid dienone is 2. The first kappa shape index (κ1) is 27.6. The van der Waals surface area contributed by atoms with Gasteiger partial charge in [0.15, 0.2) is 0 Å². The number of unbranched alkanes of at least 4 members (excludes halogenated alkanes) is 13. The van der Waals surface area contributed by atoms with Crippen molar-refractivity contribution in [3.8, 4) is 0 Å². The Bertz CT molecular complexity index is 401. The summed E-state index contributed by atoms with van der Waals surface area (Å²) in [6.07, 6.45) is 21.0. The van der Waals surface area contributed by atoms with Crippen molar-refractivity contribution in [2.24, 2.45) is 0 Å². The molecule has 1 aliphatic rings. The van der Waals surface area contributed by atoms with Gasteiger partial charge in [0.05, 0.1) is 13.2 Å². The van der Waals surface area contributed by atoms with Crippen LogP contribution in [0.15, 0.2) is 12.2 Å². The lowest BCUT2D eigenvalue weighted by atomic mass is 10.1. The lowest BCUT2D eigenvalue weighted by Crippen LogP contribution is -2.41. The van der Waals surface area contributed by atoms with Crippen molar-refractivity contribution in [1.29, 1.82) is 0 Å². The summed E-state index contributed by atoms with van der Waals surface area (Å²) < 4.78 is 11.0. The van der Waals surface area contributed by atoms with E-state index < -0.39 is 31.0 Å². The van der Waals surface area contributed by atoms with Gasteiger partial charge in [-0.05, 0) is 32.1 Å². The van der Waals surface area contributed by atoms with E-state index in [0.29, 0.717) is 6.61 Å². The van der Waals surface area contributed by atoms with Crippen LogP contribution in [-0.4, -0.2) is 59.6 Å². The average Bonchev–Trinajstić information content (AvgIpc) is 3.12. The summed E-state index contributed by atoms with van der Waals surface area (Å²) in [5, 5.41) is 28.6. The van der Waals surface area contributed by atoms with Crippen molar-refractivity contribution in [2.75, 3.05) is 19.8 Å². The third-order valence-electron chi connectivity index (χ3n) is 5.97. The molecule has 0 spiro atoms. The minimum absolute atomic E-state index is 0.274. The molecule has 0 aliphatic carbocycles. The van der Waals surface area contributed by atoms with Gasteiger partial charge in [-0.15, -0.1) is 0 Å². The monoisotopic (exact) mass is 428 g/mol. The van der Waals surface area contributed by atoms with E-state index in [1.54, 1.807) is 0 Å². The molecule has 5 heteroatoms. The summed E-state index contributed by atoms with van der Waals surface area (Å²) >= 11 is 0. The molecule has 0 saturated carbocycles. The molecule has 4 atom stereocenters. The third kappa shape index (κ3) is 13.1. The molecule has 3 N–H and O–H groups in total. The zero-order chi connectivity index (χ0) is 21.9. The number of aliphatic hydroxyl groups is 3. The molecule has 0 aromatic carbocycles. The van der Waals surface area contributed by atoms with Gasteiger partial charge in [-0.25, -0.2) is 0 Å². The summed E-state index contributed by atoms with van der Waals surface area (Å²) in [4.78, 5) is 0. The number of hydrogen-bond donors (Lipinski definition) is 3. The Morgan fingerprint density at radius 1 is 0.867 bits per heavy atom. The van der Waals surface area contributed by atoms with Crippen LogP contribution in [0.1, 0.15) is 103 Å². The van der Waals surface area contributed by atoms with E-state index in [1.165, 1.54) is 83.5 Å². The van der Waals surface area contributed by atoms with Gasteiger partial charge >= 0.3 is 0 Å². The molecule has 1 rings (SSSR count). The number of ether oxygens (including phenoxy) is 2. The van der Waals surface area contributed by atoms with Crippen LogP contribution in [0.5, 0.6) is 0 Å². The molecular formula is C25H48O5. The van der Waals surface area contributed by atoms with Crippen LogP contribution < -0.4 is 0 Å². The van der Waals surface area contributed by atoms with Gasteiger partial charge in [-0.3, -0.25) is 0 Å². The van der Waals surface area contributed by atoms with Crippen LogP contribution in [-0.2, 0) is 9.47 Å². The predicted molar refractivity (Wildman–Crippen MR) is 123 cm³/mol. The Morgan fingerprint density at radius 2 is 1.40 bits per heavy atom. The second-order valence-electron chi connectivity index (χ2n) is 8.74. The maximum atomic E-state index is 10.1. The second-order valence-corrected chi connectivity index (χ2v) is 8.74. The highest BCUT2D eigenvalue weighted by Crippen LogP contribution is 2.20. The van der Waals surface area contributed by atoms with E-state index in [0.717, 1.165) is 12.8 Å². The molecule has 0 unspecified atom stereocenters. The van der Waals surface area contributed by atoms with Crippen LogP contribution in [0, 0.1) is 0 Å². The van der Waals surface area contributed by atoms with Gasteiger partial charge in [0.25, 0.3) is 0 Å². The highest BCUT2D eigenvalue weighted by molar-refractivity contribution is 4.88. The molecule has 0 amide bonds. The van der Waals surface area contributed by atoms with E-state index in [4.69, 9.17) is 14.6 Å². The summed E-state index contributed by atoms with van der Waals surface area (Å²) in [7, 11) is 0. The summed E-state index contributed by atoms with van der Waals surface area (Å²) in [6, 6.07) is 0. The molecule has 1 fully saturated rings. The fourth-order valence-electron chi connectivity index (χ4n) is 3.97. The van der Waals surface area contributed by atoms with Gasteiger partial charge in [-0.2, -0.15) is 0 Å². The third-order valence-corrected chi connectivity index (χ3v) is 5.97. The molecule has 30 heavy (non-hydrogen) atoms. The van der Waals surface area contributed by atoms with Gasteiger partial charge in [0.2, 0.25) is 0 Å². The van der Waals surface area contributed by atoms with E-state index >= 15 is 0 Å². The van der Waals surface area contributed by atoms with Crippen molar-refractivity contribution in [3.05, 3.63) is 12.2 Å². The largest absolute Gasteiger partial charge is 0.394 e. The first-order valence-corrected chi connectivity index (χ1v) is 12.6. The fourth-order valence-corrected chi connectivity index (χ4v) is 3.97. The lowest BCUT2D eigenvalue weighted by Gasteiger charge is -2.20. The zero-order valence-corrected chi connectivity index (χ0v) is 19.4. The first-order valence-electron chi connectivity index (χ1n) is 12.6. The van der Waals surface area contributed by atoms with E-state index in [2.05, 4.69) is 19.1 Å². The minimum atomic E-state index is -1.05. The van der Waals surface area contributed by atoms with Crippen molar-refractivity contribution < 1.29 is 24.8 Å². The van der Waals surface area contributed by atoms with Crippen molar-refractivity contribution in [1.82, 2.24) is 0 Å². The topological polar surface area (TPSA) is 79.2 Å². The standard InChI is InChI=1S/C25H48O5/c1-2-3-4-5-6-7-8-9-10-11-12-13-14-15-16-17-18-19-29-23-21-30-25(24(23)28)22(27)20-26/h9-10,22-28H,2-8,11-21H2,1H3/b10-9+/t22-,23+,24+,25+/m1/s1. The SMILES string of the molecule is CCCCCCCC/C=C/CCCCCCCCCO[C@H]1CO[C@@H]([C@H](O)CO)[C@H]1O.